The van der Waals surface area contributed by atoms with Crippen LogP contribution in [0.5, 0.6) is 0 Å². The van der Waals surface area contributed by atoms with Crippen LogP contribution >= 0.6 is 11.6 Å². The third-order valence-corrected chi connectivity index (χ3v) is 8.23. The molecule has 2 aromatic carbocycles. The molecule has 1 saturated heterocycles. The lowest BCUT2D eigenvalue weighted by Gasteiger charge is -2.39. The Balaban J connectivity index is 1.50. The Morgan fingerprint density at radius 3 is 2.61 bits per heavy atom. The Morgan fingerprint density at radius 1 is 1.13 bits per heavy atom. The fourth-order valence-corrected chi connectivity index (χ4v) is 5.99. The van der Waals surface area contributed by atoms with Crippen molar-refractivity contribution in [1.82, 2.24) is 15.5 Å². The molecule has 6 rings (SSSR count). The second-order valence-corrected chi connectivity index (χ2v) is 11.4. The second kappa shape index (κ2) is 12.3. The average molecular weight is 649 g/mol. The van der Waals surface area contributed by atoms with E-state index in [0.29, 0.717) is 0 Å². The number of rotatable bonds is 8. The minimum Gasteiger partial charge on any atom is -0.356 e. The van der Waals surface area contributed by atoms with Crippen molar-refractivity contribution in [2.24, 2.45) is 0 Å². The highest BCUT2D eigenvalue weighted by Crippen LogP contribution is 2.40. The fraction of sp³-hybridized carbons (Fsp3) is 0.250. The van der Waals surface area contributed by atoms with Crippen molar-refractivity contribution in [3.63, 3.8) is 0 Å². The lowest BCUT2D eigenvalue weighted by atomic mass is 9.87. The van der Waals surface area contributed by atoms with Gasteiger partial charge < -0.3 is 9.84 Å². The number of nitriles is 1. The summed E-state index contributed by atoms with van der Waals surface area (Å²) in [6, 6.07) is 12.3. The van der Waals surface area contributed by atoms with Gasteiger partial charge in [-0.25, -0.2) is 18.2 Å². The van der Waals surface area contributed by atoms with Crippen LogP contribution < -0.4 is 15.1 Å². The number of pyridine rings is 1. The molecule has 14 heteroatoms. The molecule has 0 spiro atoms. The monoisotopic (exact) mass is 648 g/mol. The number of nitrogens with one attached hydrogen (secondary N) is 1. The standard InChI is InChI=1S/C32H24ClF3N6O4/c33-24-4-2-1-3-23(24)29(30(44)40-21-15-32(35,36)16-21)41(22-13-19(12-20(34)14-22)26-8-10-39-46-26)31(45)25-5-6-28(43)42(25)27-11-18(17-37)7-9-38-27/h1-4,7-14,21,25,29H,5-6,15-16H2,(H,40,44). The van der Waals surface area contributed by atoms with Gasteiger partial charge >= 0.3 is 0 Å². The number of hydrogen-bond acceptors (Lipinski definition) is 7. The summed E-state index contributed by atoms with van der Waals surface area (Å²) in [7, 11) is 0. The summed E-state index contributed by atoms with van der Waals surface area (Å²) in [5, 5.41) is 15.7. The van der Waals surface area contributed by atoms with E-state index in [-0.39, 0.29) is 51.8 Å². The number of hydrogen-bond donors (Lipinski definition) is 1. The maximum Gasteiger partial charge on any atom is 0.252 e. The molecule has 1 aliphatic carbocycles. The smallest absolute Gasteiger partial charge is 0.252 e. The molecule has 3 heterocycles. The number of halogens is 4. The van der Waals surface area contributed by atoms with Crippen molar-refractivity contribution in [1.29, 1.82) is 5.26 Å². The number of alkyl halides is 2. The van der Waals surface area contributed by atoms with Gasteiger partial charge in [0.2, 0.25) is 11.8 Å². The lowest BCUT2D eigenvalue weighted by molar-refractivity contribution is -0.133. The Morgan fingerprint density at radius 2 is 1.91 bits per heavy atom. The van der Waals surface area contributed by atoms with Gasteiger partial charge in [0, 0.05) is 59.4 Å². The molecule has 0 radical (unpaired) electrons. The number of carbonyl (C=O) groups excluding carboxylic acids is 3. The van der Waals surface area contributed by atoms with Gasteiger partial charge in [0.05, 0.1) is 17.8 Å². The van der Waals surface area contributed by atoms with Gasteiger partial charge in [0.1, 0.15) is 23.7 Å². The van der Waals surface area contributed by atoms with E-state index in [1.165, 1.54) is 48.8 Å². The van der Waals surface area contributed by atoms with Crippen LogP contribution in [-0.2, 0) is 14.4 Å². The minimum atomic E-state index is -2.95. The molecular weight excluding hydrogens is 625 g/mol. The Kier molecular flexibility index (Phi) is 8.22. The van der Waals surface area contributed by atoms with Crippen molar-refractivity contribution >= 4 is 40.8 Å². The fourth-order valence-electron chi connectivity index (χ4n) is 5.75. The van der Waals surface area contributed by atoms with Crippen molar-refractivity contribution in [3.05, 3.63) is 95.0 Å². The minimum absolute atomic E-state index is 0.00259. The van der Waals surface area contributed by atoms with E-state index in [0.717, 1.165) is 21.9 Å². The number of amides is 3. The quantitative estimate of drug-likeness (QED) is 0.264. The zero-order chi connectivity index (χ0) is 32.6. The first kappa shape index (κ1) is 30.8. The maximum atomic E-state index is 15.3. The SMILES string of the molecule is N#Cc1ccnc(N2C(=O)CCC2C(=O)N(c2cc(F)cc(-c3ccno3)c2)C(C(=O)NC2CC(F)(F)C2)c2ccccc2Cl)c1. The van der Waals surface area contributed by atoms with Crippen LogP contribution in [0.4, 0.5) is 24.7 Å². The van der Waals surface area contributed by atoms with Crippen LogP contribution in [0.25, 0.3) is 11.3 Å². The highest BCUT2D eigenvalue weighted by molar-refractivity contribution is 6.31. The molecule has 4 aromatic rings. The van der Waals surface area contributed by atoms with Crippen molar-refractivity contribution < 1.29 is 32.1 Å². The zero-order valence-corrected chi connectivity index (χ0v) is 24.6. The summed E-state index contributed by atoms with van der Waals surface area (Å²) in [4.78, 5) is 48.4. The molecule has 234 valence electrons. The topological polar surface area (TPSA) is 132 Å². The van der Waals surface area contributed by atoms with Crippen LogP contribution in [0.1, 0.15) is 42.9 Å². The average Bonchev–Trinajstić information content (AvgIpc) is 3.69. The molecule has 2 fully saturated rings. The van der Waals surface area contributed by atoms with Crippen LogP contribution in [-0.4, -0.2) is 45.9 Å². The van der Waals surface area contributed by atoms with Gasteiger partial charge in [-0.15, -0.1) is 0 Å². The number of aromatic nitrogens is 2. The summed E-state index contributed by atoms with van der Waals surface area (Å²) in [6.45, 7) is 0. The lowest BCUT2D eigenvalue weighted by Crippen LogP contribution is -2.56. The summed E-state index contributed by atoms with van der Waals surface area (Å²) in [5.74, 6) is -5.64. The normalized spacial score (nSPS) is 18.0. The Hall–Kier alpha value is -5.22. The third kappa shape index (κ3) is 6.03. The van der Waals surface area contributed by atoms with Crippen LogP contribution in [0.2, 0.25) is 5.02 Å². The van der Waals surface area contributed by atoms with E-state index in [9.17, 15) is 28.4 Å². The molecule has 46 heavy (non-hydrogen) atoms. The van der Waals surface area contributed by atoms with Gasteiger partial charge in [-0.1, -0.05) is 35.0 Å². The van der Waals surface area contributed by atoms with Gasteiger partial charge in [-0.05, 0) is 42.8 Å². The number of carbonyl (C=O) groups is 3. The molecule has 2 aliphatic rings. The predicted octanol–water partition coefficient (Wildman–Crippen LogP) is 5.58. The maximum absolute atomic E-state index is 15.3. The van der Waals surface area contributed by atoms with Gasteiger partial charge in [-0.3, -0.25) is 24.2 Å². The number of anilines is 2. The molecule has 2 unspecified atom stereocenters. The van der Waals surface area contributed by atoms with E-state index in [1.54, 1.807) is 12.1 Å². The van der Waals surface area contributed by atoms with E-state index >= 15 is 4.39 Å². The summed E-state index contributed by atoms with van der Waals surface area (Å²) in [6.07, 6.45) is 1.43. The van der Waals surface area contributed by atoms with Crippen LogP contribution in [0.15, 0.2) is 77.6 Å². The highest BCUT2D eigenvalue weighted by atomic mass is 35.5. The molecule has 2 aromatic heterocycles. The summed E-state index contributed by atoms with van der Waals surface area (Å²) < 4.78 is 48.0. The van der Waals surface area contributed by atoms with Crippen molar-refractivity contribution in [2.45, 2.75) is 49.7 Å². The van der Waals surface area contributed by atoms with Gasteiger partial charge in [-0.2, -0.15) is 5.26 Å². The van der Waals surface area contributed by atoms with Crippen LogP contribution in [0, 0.1) is 17.1 Å². The van der Waals surface area contributed by atoms with Gasteiger partial charge in [0.25, 0.3) is 11.8 Å². The molecule has 1 saturated carbocycles. The largest absolute Gasteiger partial charge is 0.356 e. The Bertz CT molecular complexity index is 1860. The molecule has 0 bridgehead atoms. The molecule has 2 atom stereocenters. The second-order valence-electron chi connectivity index (χ2n) is 11.0. The predicted molar refractivity (Wildman–Crippen MR) is 159 cm³/mol. The first-order valence-corrected chi connectivity index (χ1v) is 14.6. The van der Waals surface area contributed by atoms with E-state index < -0.39 is 60.4 Å². The molecule has 1 N–H and O–H groups in total. The van der Waals surface area contributed by atoms with Gasteiger partial charge in [0.15, 0.2) is 5.76 Å². The summed E-state index contributed by atoms with van der Waals surface area (Å²) >= 11 is 6.57. The molecule has 3 amide bonds. The van der Waals surface area contributed by atoms with E-state index in [1.807, 2.05) is 6.07 Å². The summed E-state index contributed by atoms with van der Waals surface area (Å²) in [5.41, 5.74) is 0.408. The van der Waals surface area contributed by atoms with Crippen molar-refractivity contribution in [2.75, 3.05) is 9.80 Å². The van der Waals surface area contributed by atoms with E-state index in [4.69, 9.17) is 16.1 Å². The molecule has 10 nitrogen and oxygen atoms in total. The first-order chi connectivity index (χ1) is 22.0. The first-order valence-electron chi connectivity index (χ1n) is 14.2. The zero-order valence-electron chi connectivity index (χ0n) is 23.9. The highest BCUT2D eigenvalue weighted by Gasteiger charge is 2.48. The van der Waals surface area contributed by atoms with Crippen molar-refractivity contribution in [3.8, 4) is 17.4 Å². The molecule has 1 aliphatic heterocycles. The Labute approximate surface area is 265 Å². The number of benzene rings is 2. The molecular formula is C32H24ClF3N6O4. The van der Waals surface area contributed by atoms with E-state index in [2.05, 4.69) is 15.5 Å². The van der Waals surface area contributed by atoms with Crippen LogP contribution in [0.3, 0.4) is 0 Å². The third-order valence-electron chi connectivity index (χ3n) is 7.88. The number of nitrogens with zero attached hydrogens (tertiary/aromatic N) is 5.